The second-order valence-electron chi connectivity index (χ2n) is 15.3. The second kappa shape index (κ2) is 36.7. The Bertz CT molecular complexity index is 931. The predicted molar refractivity (Wildman–Crippen MR) is 220 cm³/mol. The Labute approximate surface area is 321 Å². The lowest BCUT2D eigenvalue weighted by molar-refractivity contribution is -0.870. The molecular formula is C43H83NO7P+. The lowest BCUT2D eigenvalue weighted by Gasteiger charge is -2.24. The zero-order valence-electron chi connectivity index (χ0n) is 34.5. The molecule has 0 aromatic heterocycles. The van der Waals surface area contributed by atoms with Crippen LogP contribution in [-0.2, 0) is 27.9 Å². The van der Waals surface area contributed by atoms with Crippen LogP contribution in [0.25, 0.3) is 0 Å². The summed E-state index contributed by atoms with van der Waals surface area (Å²) in [7, 11) is 1.67. The van der Waals surface area contributed by atoms with Crippen molar-refractivity contribution in [3.8, 4) is 0 Å². The number of nitrogens with zero attached hydrogens (tertiary/aromatic N) is 1. The first-order valence-corrected chi connectivity index (χ1v) is 22.7. The lowest BCUT2D eigenvalue weighted by atomic mass is 10.0. The van der Waals surface area contributed by atoms with Gasteiger partial charge in [0, 0.05) is 19.4 Å². The van der Waals surface area contributed by atoms with Crippen LogP contribution in [0.3, 0.4) is 0 Å². The summed E-state index contributed by atoms with van der Waals surface area (Å²) in [4.78, 5) is 22.8. The van der Waals surface area contributed by atoms with Crippen molar-refractivity contribution in [1.29, 1.82) is 0 Å². The average Bonchev–Trinajstić information content (AvgIpc) is 3.09. The van der Waals surface area contributed by atoms with Gasteiger partial charge in [-0.1, -0.05) is 147 Å². The number of quaternary nitrogens is 1. The van der Waals surface area contributed by atoms with Crippen molar-refractivity contribution in [3.63, 3.8) is 0 Å². The van der Waals surface area contributed by atoms with Gasteiger partial charge in [0.15, 0.2) is 0 Å². The molecule has 2 atom stereocenters. The summed E-state index contributed by atoms with van der Waals surface area (Å²) in [5, 5.41) is 0. The molecule has 0 rings (SSSR count). The van der Waals surface area contributed by atoms with Crippen molar-refractivity contribution in [2.75, 3.05) is 54.1 Å². The molecule has 306 valence electrons. The van der Waals surface area contributed by atoms with Crippen molar-refractivity contribution in [2.45, 2.75) is 180 Å². The van der Waals surface area contributed by atoms with Crippen molar-refractivity contribution >= 4 is 13.8 Å². The Balaban J connectivity index is 4.31. The molecule has 8 nitrogen and oxygen atoms in total. The largest absolute Gasteiger partial charge is 0.472 e. The molecule has 0 saturated carbocycles. The highest BCUT2D eigenvalue weighted by atomic mass is 31.2. The van der Waals surface area contributed by atoms with Crippen LogP contribution in [-0.4, -0.2) is 75.6 Å². The highest BCUT2D eigenvalue weighted by molar-refractivity contribution is 7.47. The van der Waals surface area contributed by atoms with Gasteiger partial charge in [0.05, 0.1) is 34.4 Å². The Hall–Kier alpha value is -1.28. The molecule has 52 heavy (non-hydrogen) atoms. The number of rotatable bonds is 39. The second-order valence-corrected chi connectivity index (χ2v) is 16.8. The van der Waals surface area contributed by atoms with E-state index in [0.717, 1.165) is 44.9 Å². The fourth-order valence-electron chi connectivity index (χ4n) is 5.60. The molecule has 1 N–H and O–H groups in total. The van der Waals surface area contributed by atoms with Crippen LogP contribution in [0.2, 0.25) is 0 Å². The molecule has 0 spiro atoms. The number of carbonyl (C=O) groups excluding carboxylic acids is 1. The van der Waals surface area contributed by atoms with E-state index in [-0.39, 0.29) is 19.2 Å². The number of unbranched alkanes of at least 4 members (excludes halogenated alkanes) is 18. The first kappa shape index (κ1) is 50.7. The number of likely N-dealkylation sites (N-methyl/N-ethyl adjacent to an activating group) is 1. The smallest absolute Gasteiger partial charge is 0.460 e. The van der Waals surface area contributed by atoms with Gasteiger partial charge in [0.1, 0.15) is 19.3 Å². The van der Waals surface area contributed by atoms with Crippen molar-refractivity contribution in [2.24, 2.45) is 0 Å². The van der Waals surface area contributed by atoms with E-state index in [4.69, 9.17) is 18.5 Å². The molecule has 0 aromatic carbocycles. The van der Waals surface area contributed by atoms with E-state index < -0.39 is 13.9 Å². The monoisotopic (exact) mass is 757 g/mol. The summed E-state index contributed by atoms with van der Waals surface area (Å²) >= 11 is 0. The molecule has 0 bridgehead atoms. The zero-order chi connectivity index (χ0) is 38.4. The number of hydrogen-bond acceptors (Lipinski definition) is 6. The van der Waals surface area contributed by atoms with Gasteiger partial charge in [-0.3, -0.25) is 13.8 Å². The molecule has 0 saturated heterocycles. The van der Waals surface area contributed by atoms with E-state index in [1.807, 2.05) is 21.1 Å². The summed E-state index contributed by atoms with van der Waals surface area (Å²) in [6, 6.07) is 0. The first-order valence-electron chi connectivity index (χ1n) is 21.2. The SMILES string of the molecule is CCCCC/C=C/C/C=C/C/C=C/CCCCC(=O)OC(CCOCCCCCCCCCCCCCCCC)COP(=O)(O)OCC[N+](C)(C)C. The van der Waals surface area contributed by atoms with Crippen LogP contribution >= 0.6 is 7.82 Å². The zero-order valence-corrected chi connectivity index (χ0v) is 35.4. The van der Waals surface area contributed by atoms with E-state index >= 15 is 0 Å². The number of phosphoric ester groups is 1. The molecule has 2 unspecified atom stereocenters. The molecule has 0 radical (unpaired) electrons. The fourth-order valence-corrected chi connectivity index (χ4v) is 6.34. The highest BCUT2D eigenvalue weighted by Gasteiger charge is 2.26. The predicted octanol–water partition coefficient (Wildman–Crippen LogP) is 12.2. The Morgan fingerprint density at radius 1 is 0.615 bits per heavy atom. The number of esters is 1. The standard InChI is InChI=1S/C43H82NO7P/c1-6-8-10-12-14-16-18-20-22-23-25-27-29-31-33-35-43(45)51-42(41-50-52(46,47)49-40-37-44(3,4)5)36-39-48-38-34-32-30-28-26-24-21-19-17-15-13-11-9-7-2/h14,16,20,22,25,27,42H,6-13,15,17-19,21,23-24,26,28-41H2,1-5H3/p+1/b16-14+,22-20+,27-25+. The third kappa shape index (κ3) is 39.9. The Morgan fingerprint density at radius 3 is 1.63 bits per heavy atom. The third-order valence-electron chi connectivity index (χ3n) is 8.98. The first-order chi connectivity index (χ1) is 25.1. The van der Waals surface area contributed by atoms with Gasteiger partial charge in [-0.25, -0.2) is 4.57 Å². The average molecular weight is 757 g/mol. The Morgan fingerprint density at radius 2 is 1.10 bits per heavy atom. The fraction of sp³-hybridized carbons (Fsp3) is 0.837. The van der Waals surface area contributed by atoms with E-state index in [1.165, 1.54) is 103 Å². The van der Waals surface area contributed by atoms with Crippen LogP contribution in [0, 0.1) is 0 Å². The van der Waals surface area contributed by atoms with Crippen molar-refractivity contribution < 1.29 is 37.3 Å². The summed E-state index contributed by atoms with van der Waals surface area (Å²) < 4.78 is 35.0. The summed E-state index contributed by atoms with van der Waals surface area (Å²) in [5.41, 5.74) is 0. The summed E-state index contributed by atoms with van der Waals surface area (Å²) in [6.45, 7) is 5.99. The molecule has 0 amide bonds. The highest BCUT2D eigenvalue weighted by Crippen LogP contribution is 2.43. The van der Waals surface area contributed by atoms with Gasteiger partial charge >= 0.3 is 13.8 Å². The van der Waals surface area contributed by atoms with Gasteiger partial charge in [-0.05, 0) is 51.4 Å². The third-order valence-corrected chi connectivity index (χ3v) is 9.97. The maximum Gasteiger partial charge on any atom is 0.472 e. The molecule has 0 aromatic rings. The van der Waals surface area contributed by atoms with Crippen molar-refractivity contribution in [3.05, 3.63) is 36.5 Å². The van der Waals surface area contributed by atoms with Gasteiger partial charge in [0.2, 0.25) is 0 Å². The molecule has 9 heteroatoms. The van der Waals surface area contributed by atoms with E-state index in [1.54, 1.807) is 0 Å². The van der Waals surface area contributed by atoms with Crippen LogP contribution < -0.4 is 0 Å². The number of carbonyl (C=O) groups is 1. The number of hydrogen-bond donors (Lipinski definition) is 1. The van der Waals surface area contributed by atoms with Crippen LogP contribution in [0.1, 0.15) is 174 Å². The normalized spacial score (nSPS) is 14.2. The number of phosphoric acid groups is 1. The minimum Gasteiger partial charge on any atom is -0.460 e. The van der Waals surface area contributed by atoms with Crippen molar-refractivity contribution in [1.82, 2.24) is 0 Å². The van der Waals surface area contributed by atoms with Gasteiger partial charge in [0.25, 0.3) is 0 Å². The Kier molecular flexibility index (Phi) is 35.8. The van der Waals surface area contributed by atoms with E-state index in [2.05, 4.69) is 50.3 Å². The molecule has 0 aliphatic rings. The summed E-state index contributed by atoms with van der Waals surface area (Å²) in [6.07, 6.45) is 41.1. The van der Waals surface area contributed by atoms with E-state index in [9.17, 15) is 14.3 Å². The lowest BCUT2D eigenvalue weighted by Crippen LogP contribution is -2.37. The molecule has 0 heterocycles. The topological polar surface area (TPSA) is 91.3 Å². The van der Waals surface area contributed by atoms with Crippen LogP contribution in [0.5, 0.6) is 0 Å². The molecule has 0 aliphatic heterocycles. The minimum absolute atomic E-state index is 0.0886. The van der Waals surface area contributed by atoms with Crippen LogP contribution in [0.4, 0.5) is 0 Å². The van der Waals surface area contributed by atoms with E-state index in [0.29, 0.717) is 37.1 Å². The van der Waals surface area contributed by atoms with Gasteiger partial charge < -0.3 is 18.9 Å². The maximum atomic E-state index is 12.7. The van der Waals surface area contributed by atoms with Crippen LogP contribution in [0.15, 0.2) is 36.5 Å². The number of ether oxygens (including phenoxy) is 2. The summed E-state index contributed by atoms with van der Waals surface area (Å²) in [5.74, 6) is -0.325. The molecule has 0 aliphatic carbocycles. The molecule has 0 fully saturated rings. The maximum absolute atomic E-state index is 12.7. The quantitative estimate of drug-likeness (QED) is 0.0219. The minimum atomic E-state index is -4.26. The van der Waals surface area contributed by atoms with Gasteiger partial charge in [-0.2, -0.15) is 0 Å². The number of allylic oxidation sites excluding steroid dienone is 6. The van der Waals surface area contributed by atoms with Gasteiger partial charge in [-0.15, -0.1) is 0 Å². The molecular weight excluding hydrogens is 673 g/mol.